The molecule has 57 heavy (non-hydrogen) atoms. The van der Waals surface area contributed by atoms with Gasteiger partial charge in [0, 0.05) is 61.8 Å². The normalized spacial score (nSPS) is 18.2. The second-order valence-electron chi connectivity index (χ2n) is 15.0. The molecule has 0 fully saturated rings. The molecule has 6 heterocycles. The molecule has 4 aromatic carbocycles. The van der Waals surface area contributed by atoms with Gasteiger partial charge in [0.05, 0.1) is 33.9 Å². The summed E-state index contributed by atoms with van der Waals surface area (Å²) in [5.74, 6) is -1.55. The van der Waals surface area contributed by atoms with Gasteiger partial charge in [0.25, 0.3) is 11.8 Å². The van der Waals surface area contributed by atoms with Gasteiger partial charge in [-0.2, -0.15) is 0 Å². The van der Waals surface area contributed by atoms with Crippen LogP contribution in [0.4, 0.5) is 20.2 Å². The van der Waals surface area contributed by atoms with Gasteiger partial charge in [0.15, 0.2) is 0 Å². The summed E-state index contributed by atoms with van der Waals surface area (Å²) in [5, 5.41) is 1.78. The molecule has 0 bridgehead atoms. The highest BCUT2D eigenvalue weighted by atomic mass is 19.1. The quantitative estimate of drug-likeness (QED) is 0.138. The Kier molecular flexibility index (Phi) is 7.89. The van der Waals surface area contributed by atoms with E-state index in [1.54, 1.807) is 34.1 Å². The van der Waals surface area contributed by atoms with E-state index < -0.39 is 35.9 Å². The molecule has 2 unspecified atom stereocenters. The second-order valence-corrected chi connectivity index (χ2v) is 15.0. The monoisotopic (exact) mass is 770 g/mol. The van der Waals surface area contributed by atoms with Crippen LogP contribution in [-0.4, -0.2) is 70.7 Å². The minimum Gasteiger partial charge on any atom is -0.427 e. The third-order valence-corrected chi connectivity index (χ3v) is 11.8. The average Bonchev–Trinajstić information content (AvgIpc) is 3.76. The van der Waals surface area contributed by atoms with Crippen molar-refractivity contribution in [2.24, 2.45) is 0 Å². The molecule has 0 aliphatic carbocycles. The lowest BCUT2D eigenvalue weighted by Gasteiger charge is -2.46. The summed E-state index contributed by atoms with van der Waals surface area (Å²) in [4.78, 5) is 66.9. The van der Waals surface area contributed by atoms with Gasteiger partial charge in [-0.3, -0.25) is 19.2 Å². The smallest absolute Gasteiger partial charge is 0.311 e. The third kappa shape index (κ3) is 5.52. The number of ether oxygens (including phenoxy) is 2. The number of nitrogens with zero attached hydrogens (tertiary/aromatic N) is 4. The minimum atomic E-state index is -0.479. The number of hydrogen-bond acceptors (Lipinski definition) is 8. The standard InChI is InChI=1S/C43H36F2N6O6/c1-48-34-12-6-22(44)18-30(34)42(54)50-16-14-26-28-20-24(8-10-32(28)46-38(26)40(48)50)56-36(52)4-3-5-37(53)57-25-9-11-33-29(21-25)27-15-17-51-41(39(27)47-33)49(2)35-13-7-23(45)19-31(35)43(51)55/h6-13,18-21,40-41,46-47H,3-5,14-17H2,1-2H3. The number of benzene rings is 4. The number of halogens is 2. The fourth-order valence-electron chi connectivity index (χ4n) is 9.14. The van der Waals surface area contributed by atoms with Gasteiger partial charge >= 0.3 is 11.9 Å². The highest BCUT2D eigenvalue weighted by molar-refractivity contribution is 6.03. The van der Waals surface area contributed by atoms with E-state index in [9.17, 15) is 28.0 Å². The van der Waals surface area contributed by atoms with E-state index in [1.165, 1.54) is 24.3 Å². The van der Waals surface area contributed by atoms with Crippen molar-refractivity contribution in [3.63, 3.8) is 0 Å². The lowest BCUT2D eigenvalue weighted by atomic mass is 9.96. The molecule has 0 spiro atoms. The number of H-pyrrole nitrogens is 2. The summed E-state index contributed by atoms with van der Waals surface area (Å²) in [7, 11) is 3.77. The van der Waals surface area contributed by atoms with Crippen molar-refractivity contribution in [2.45, 2.75) is 44.4 Å². The molecule has 10 rings (SSSR count). The third-order valence-electron chi connectivity index (χ3n) is 11.8. The van der Waals surface area contributed by atoms with Gasteiger partial charge in [-0.1, -0.05) is 0 Å². The Bertz CT molecular complexity index is 2540. The summed E-state index contributed by atoms with van der Waals surface area (Å²) < 4.78 is 39.4. The molecule has 2 atom stereocenters. The van der Waals surface area contributed by atoms with Crippen LogP contribution in [0.1, 0.15) is 74.8 Å². The number of carbonyl (C=O) groups is 4. The first-order valence-electron chi connectivity index (χ1n) is 18.9. The van der Waals surface area contributed by atoms with E-state index in [0.29, 0.717) is 59.9 Å². The zero-order valence-electron chi connectivity index (χ0n) is 31.0. The molecule has 288 valence electrons. The minimum absolute atomic E-state index is 0.00652. The topological polar surface area (TPSA) is 131 Å². The predicted octanol–water partition coefficient (Wildman–Crippen LogP) is 6.90. The van der Waals surface area contributed by atoms with E-state index in [2.05, 4.69) is 9.97 Å². The van der Waals surface area contributed by atoms with Crippen LogP contribution in [0.25, 0.3) is 21.8 Å². The van der Waals surface area contributed by atoms with E-state index in [1.807, 2.05) is 48.2 Å². The maximum absolute atomic E-state index is 14.0. The Morgan fingerprint density at radius 1 is 0.649 bits per heavy atom. The first-order chi connectivity index (χ1) is 27.5. The van der Waals surface area contributed by atoms with E-state index in [-0.39, 0.29) is 31.1 Å². The first kappa shape index (κ1) is 34.8. The maximum Gasteiger partial charge on any atom is 0.311 e. The molecule has 0 saturated heterocycles. The number of amides is 2. The molecule has 14 heteroatoms. The zero-order chi connectivity index (χ0) is 39.3. The molecule has 4 aliphatic heterocycles. The van der Waals surface area contributed by atoms with E-state index >= 15 is 0 Å². The van der Waals surface area contributed by atoms with Crippen LogP contribution >= 0.6 is 0 Å². The Hall–Kier alpha value is -6.70. The van der Waals surface area contributed by atoms with Crippen LogP contribution in [-0.2, 0) is 22.4 Å². The Labute approximate surface area is 324 Å². The number of hydrogen-bond donors (Lipinski definition) is 2. The van der Waals surface area contributed by atoms with Crippen molar-refractivity contribution in [1.29, 1.82) is 0 Å². The molecule has 0 radical (unpaired) electrons. The first-order valence-corrected chi connectivity index (χ1v) is 18.9. The van der Waals surface area contributed by atoms with Crippen molar-refractivity contribution in [1.82, 2.24) is 19.8 Å². The van der Waals surface area contributed by atoms with Crippen LogP contribution in [0.3, 0.4) is 0 Å². The molecular formula is C43H36F2N6O6. The van der Waals surface area contributed by atoms with Crippen LogP contribution in [0, 0.1) is 11.6 Å². The number of esters is 2. The Morgan fingerprint density at radius 3 is 1.53 bits per heavy atom. The molecule has 6 aromatic rings. The molecule has 2 N–H and O–H groups in total. The summed E-state index contributed by atoms with van der Waals surface area (Å²) in [5.41, 5.74) is 7.46. The van der Waals surface area contributed by atoms with Crippen molar-refractivity contribution < 1.29 is 37.4 Å². The summed E-state index contributed by atoms with van der Waals surface area (Å²) in [6.07, 6.45) is 0.608. The second kappa shape index (κ2) is 12.9. The van der Waals surface area contributed by atoms with Crippen LogP contribution in [0.2, 0.25) is 0 Å². The maximum atomic E-state index is 14.0. The van der Waals surface area contributed by atoms with Crippen molar-refractivity contribution in [3.05, 3.63) is 118 Å². The van der Waals surface area contributed by atoms with Gasteiger partial charge in [-0.15, -0.1) is 0 Å². The lowest BCUT2D eigenvalue weighted by molar-refractivity contribution is -0.136. The highest BCUT2D eigenvalue weighted by Crippen LogP contribution is 2.45. The van der Waals surface area contributed by atoms with Crippen LogP contribution < -0.4 is 19.3 Å². The zero-order valence-corrected chi connectivity index (χ0v) is 31.0. The summed E-state index contributed by atoms with van der Waals surface area (Å²) in [6, 6.07) is 19.3. The summed E-state index contributed by atoms with van der Waals surface area (Å²) in [6.45, 7) is 0.896. The summed E-state index contributed by atoms with van der Waals surface area (Å²) >= 11 is 0. The molecular weight excluding hydrogens is 735 g/mol. The Morgan fingerprint density at radius 2 is 1.09 bits per heavy atom. The predicted molar refractivity (Wildman–Crippen MR) is 206 cm³/mol. The van der Waals surface area contributed by atoms with Gasteiger partial charge in [-0.05, 0) is 103 Å². The number of nitrogens with one attached hydrogen (secondary N) is 2. The van der Waals surface area contributed by atoms with E-state index in [4.69, 9.17) is 9.47 Å². The van der Waals surface area contributed by atoms with Gasteiger partial charge in [-0.25, -0.2) is 8.78 Å². The molecule has 12 nitrogen and oxygen atoms in total. The van der Waals surface area contributed by atoms with Crippen molar-refractivity contribution >= 4 is 56.9 Å². The fourth-order valence-corrected chi connectivity index (χ4v) is 9.14. The average molecular weight is 771 g/mol. The number of carbonyl (C=O) groups excluding carboxylic acids is 4. The number of rotatable bonds is 6. The molecule has 2 amide bonds. The lowest BCUT2D eigenvalue weighted by Crippen LogP contribution is -2.51. The van der Waals surface area contributed by atoms with Gasteiger partial charge < -0.3 is 39.0 Å². The number of aromatic nitrogens is 2. The highest BCUT2D eigenvalue weighted by Gasteiger charge is 2.43. The van der Waals surface area contributed by atoms with Crippen molar-refractivity contribution in [3.8, 4) is 11.5 Å². The molecule has 4 aliphatic rings. The molecule has 2 aromatic heterocycles. The fraction of sp³-hybridized carbons (Fsp3) is 0.256. The van der Waals surface area contributed by atoms with E-state index in [0.717, 1.165) is 44.3 Å². The van der Waals surface area contributed by atoms with Crippen LogP contribution in [0.5, 0.6) is 11.5 Å². The van der Waals surface area contributed by atoms with Crippen LogP contribution in [0.15, 0.2) is 72.8 Å². The largest absolute Gasteiger partial charge is 0.427 e. The van der Waals surface area contributed by atoms with Crippen molar-refractivity contribution in [2.75, 3.05) is 37.0 Å². The SMILES string of the molecule is CN1c2ccc(F)cc2C(=O)N2CCc3c([nH]c4ccc(OC(=O)CCCC(=O)Oc5ccc6[nH]c7c(c6c5)CCN5C(=O)c6cc(F)ccc6N(C)C75)cc34)C21. The molecule has 0 saturated carbocycles. The van der Waals surface area contributed by atoms with Gasteiger partial charge in [0.1, 0.15) is 35.5 Å². The number of anilines is 2. The number of fused-ring (bicyclic) bond motifs is 12. The number of aromatic amines is 2. The Balaban J connectivity index is 0.781. The van der Waals surface area contributed by atoms with Gasteiger partial charge in [0.2, 0.25) is 0 Å².